The molecule has 148 valence electrons. The van der Waals surface area contributed by atoms with Crippen LogP contribution in [0.5, 0.6) is 0 Å². The van der Waals surface area contributed by atoms with Gasteiger partial charge in [-0.3, -0.25) is 4.79 Å². The highest BCUT2D eigenvalue weighted by atomic mass is 35.5. The minimum absolute atomic E-state index is 0.261. The second-order valence-electron chi connectivity index (χ2n) is 6.60. The molecule has 0 spiro atoms. The maximum absolute atomic E-state index is 12.2. The van der Waals surface area contributed by atoms with Gasteiger partial charge in [0.1, 0.15) is 0 Å². The van der Waals surface area contributed by atoms with Crippen LogP contribution in [0.4, 0.5) is 0 Å². The summed E-state index contributed by atoms with van der Waals surface area (Å²) in [6.45, 7) is 5.63. The average molecular weight is 410 g/mol. The molecule has 0 bridgehead atoms. The number of benzene rings is 2. The van der Waals surface area contributed by atoms with Crippen LogP contribution in [0.25, 0.3) is 5.69 Å². The Morgan fingerprint density at radius 2 is 1.76 bits per heavy atom. The number of aromatic carboxylic acids is 1. The molecule has 0 radical (unpaired) electrons. The Labute approximate surface area is 173 Å². The number of carboxylic acid groups (broad SMARTS) is 1. The van der Waals surface area contributed by atoms with Crippen LogP contribution in [0.1, 0.15) is 43.2 Å². The molecule has 0 aliphatic heterocycles. The highest BCUT2D eigenvalue weighted by Gasteiger charge is 2.15. The molecule has 29 heavy (non-hydrogen) atoms. The predicted octanol–water partition coefficient (Wildman–Crippen LogP) is 4.52. The first-order valence-corrected chi connectivity index (χ1v) is 9.29. The molecular weight excluding hydrogens is 390 g/mol. The minimum Gasteiger partial charge on any atom is -0.478 e. The summed E-state index contributed by atoms with van der Waals surface area (Å²) >= 11 is 6.02. The summed E-state index contributed by atoms with van der Waals surface area (Å²) in [6, 6.07) is 13.8. The van der Waals surface area contributed by atoms with E-state index in [1.165, 1.54) is 0 Å². The van der Waals surface area contributed by atoms with Gasteiger partial charge in [0, 0.05) is 22.6 Å². The van der Waals surface area contributed by atoms with Crippen molar-refractivity contribution in [2.24, 2.45) is 5.10 Å². The number of amides is 1. The molecule has 6 nitrogen and oxygen atoms in total. The van der Waals surface area contributed by atoms with Crippen molar-refractivity contribution in [1.82, 2.24) is 9.99 Å². The topological polar surface area (TPSA) is 83.7 Å². The lowest BCUT2D eigenvalue weighted by molar-refractivity contribution is 0.0695. The van der Waals surface area contributed by atoms with Crippen LogP contribution in [-0.4, -0.2) is 27.8 Å². The smallest absolute Gasteiger partial charge is 0.336 e. The number of aryl methyl sites for hydroxylation is 1. The summed E-state index contributed by atoms with van der Waals surface area (Å²) < 4.78 is 1.97. The van der Waals surface area contributed by atoms with Gasteiger partial charge < -0.3 is 9.67 Å². The number of halogens is 1. The van der Waals surface area contributed by atoms with Crippen LogP contribution < -0.4 is 5.43 Å². The van der Waals surface area contributed by atoms with E-state index in [9.17, 15) is 14.7 Å². The first kappa shape index (κ1) is 20.4. The molecular formula is C22H20ClN3O3. The van der Waals surface area contributed by atoms with E-state index in [0.29, 0.717) is 16.1 Å². The second kappa shape index (κ2) is 8.32. The lowest BCUT2D eigenvalue weighted by atomic mass is 10.1. The van der Waals surface area contributed by atoms with Gasteiger partial charge in [-0.05, 0) is 56.7 Å². The fourth-order valence-electron chi connectivity index (χ4n) is 3.25. The Hall–Kier alpha value is -3.38. The lowest BCUT2D eigenvalue weighted by Gasteiger charge is -2.14. The van der Waals surface area contributed by atoms with Crippen LogP contribution >= 0.6 is 11.6 Å². The van der Waals surface area contributed by atoms with E-state index >= 15 is 0 Å². The molecule has 1 heterocycles. The summed E-state index contributed by atoms with van der Waals surface area (Å²) in [7, 11) is 0. The van der Waals surface area contributed by atoms with Crippen molar-refractivity contribution in [3.63, 3.8) is 0 Å². The molecule has 1 amide bonds. The summed E-state index contributed by atoms with van der Waals surface area (Å²) in [4.78, 5) is 23.7. The predicted molar refractivity (Wildman–Crippen MR) is 113 cm³/mol. The number of carbonyl (C=O) groups excluding carboxylic acids is 1. The molecule has 0 atom stereocenters. The van der Waals surface area contributed by atoms with Gasteiger partial charge in [-0.1, -0.05) is 29.8 Å². The van der Waals surface area contributed by atoms with Gasteiger partial charge >= 0.3 is 5.97 Å². The fraction of sp³-hybridized carbons (Fsp3) is 0.136. The molecule has 0 fully saturated rings. The molecule has 0 saturated heterocycles. The van der Waals surface area contributed by atoms with Crippen molar-refractivity contribution in [1.29, 1.82) is 0 Å². The van der Waals surface area contributed by atoms with Crippen molar-refractivity contribution in [3.8, 4) is 5.69 Å². The Balaban J connectivity index is 1.88. The zero-order chi connectivity index (χ0) is 21.1. The fourth-order valence-corrected chi connectivity index (χ4v) is 3.47. The monoisotopic (exact) mass is 409 g/mol. The van der Waals surface area contributed by atoms with Crippen LogP contribution in [0.3, 0.4) is 0 Å². The van der Waals surface area contributed by atoms with E-state index in [-0.39, 0.29) is 5.56 Å². The number of hydrogen-bond donors (Lipinski definition) is 2. The molecule has 3 aromatic rings. The summed E-state index contributed by atoms with van der Waals surface area (Å²) in [5, 5.41) is 13.8. The van der Waals surface area contributed by atoms with Crippen LogP contribution in [-0.2, 0) is 0 Å². The van der Waals surface area contributed by atoms with E-state index in [1.807, 2.05) is 30.5 Å². The average Bonchev–Trinajstić information content (AvgIpc) is 2.95. The molecule has 2 N–H and O–H groups in total. The molecule has 0 aliphatic carbocycles. The first-order chi connectivity index (χ1) is 13.8. The van der Waals surface area contributed by atoms with Gasteiger partial charge in [0.25, 0.3) is 5.91 Å². The van der Waals surface area contributed by atoms with E-state index in [1.54, 1.807) is 49.5 Å². The number of nitrogens with zero attached hydrogens (tertiary/aromatic N) is 2. The Bertz CT molecular complexity index is 1130. The van der Waals surface area contributed by atoms with Crippen LogP contribution in [0.15, 0.2) is 53.6 Å². The highest BCUT2D eigenvalue weighted by Crippen LogP contribution is 2.24. The van der Waals surface area contributed by atoms with Crippen molar-refractivity contribution >= 4 is 29.7 Å². The Morgan fingerprint density at radius 3 is 2.45 bits per heavy atom. The van der Waals surface area contributed by atoms with Crippen molar-refractivity contribution in [3.05, 3.63) is 87.2 Å². The summed E-state index contributed by atoms with van der Waals surface area (Å²) in [5.41, 5.74) is 7.16. The summed E-state index contributed by atoms with van der Waals surface area (Å²) in [5.74, 6) is -1.36. The van der Waals surface area contributed by atoms with E-state index in [4.69, 9.17) is 11.6 Å². The van der Waals surface area contributed by atoms with E-state index in [0.717, 1.165) is 22.6 Å². The van der Waals surface area contributed by atoms with Crippen LogP contribution in [0.2, 0.25) is 5.02 Å². The standard InChI is InChI=1S/C22H20ClN3O3/c1-13-11-16(12-24-25-21(27)18-7-4-5-9-19(18)23)15(3)26(13)20-10-6-8-17(14(20)2)22(28)29/h4-12H,1-3H3,(H,25,27)(H,28,29). The molecule has 2 aromatic carbocycles. The van der Waals surface area contributed by atoms with Crippen molar-refractivity contribution < 1.29 is 14.7 Å². The zero-order valence-corrected chi connectivity index (χ0v) is 17.0. The van der Waals surface area contributed by atoms with Gasteiger partial charge in [-0.15, -0.1) is 0 Å². The van der Waals surface area contributed by atoms with Gasteiger partial charge in [0.2, 0.25) is 0 Å². The number of hydrogen-bond acceptors (Lipinski definition) is 3. The highest BCUT2D eigenvalue weighted by molar-refractivity contribution is 6.33. The number of nitrogens with one attached hydrogen (secondary N) is 1. The third kappa shape index (κ3) is 4.07. The Kier molecular flexibility index (Phi) is 5.84. The summed E-state index contributed by atoms with van der Waals surface area (Å²) in [6.07, 6.45) is 1.56. The largest absolute Gasteiger partial charge is 0.478 e. The molecule has 0 saturated carbocycles. The number of hydrazone groups is 1. The SMILES string of the molecule is Cc1c(C(=O)O)cccc1-n1c(C)cc(C=NNC(=O)c2ccccc2Cl)c1C. The maximum atomic E-state index is 12.2. The van der Waals surface area contributed by atoms with E-state index in [2.05, 4.69) is 10.5 Å². The molecule has 0 aliphatic rings. The number of carbonyl (C=O) groups is 2. The maximum Gasteiger partial charge on any atom is 0.336 e. The normalized spacial score (nSPS) is 11.0. The third-order valence-electron chi connectivity index (χ3n) is 4.74. The lowest BCUT2D eigenvalue weighted by Crippen LogP contribution is -2.18. The molecule has 3 rings (SSSR count). The second-order valence-corrected chi connectivity index (χ2v) is 7.00. The van der Waals surface area contributed by atoms with Gasteiger partial charge in [-0.25, -0.2) is 10.2 Å². The molecule has 7 heteroatoms. The third-order valence-corrected chi connectivity index (χ3v) is 5.06. The quantitative estimate of drug-likeness (QED) is 0.480. The number of aromatic nitrogens is 1. The molecule has 0 unspecified atom stereocenters. The van der Waals surface area contributed by atoms with Crippen molar-refractivity contribution in [2.75, 3.05) is 0 Å². The number of carboxylic acids is 1. The van der Waals surface area contributed by atoms with Crippen molar-refractivity contribution in [2.45, 2.75) is 20.8 Å². The Morgan fingerprint density at radius 1 is 1.07 bits per heavy atom. The van der Waals surface area contributed by atoms with Gasteiger partial charge in [0.15, 0.2) is 0 Å². The zero-order valence-electron chi connectivity index (χ0n) is 16.2. The van der Waals surface area contributed by atoms with Gasteiger partial charge in [0.05, 0.1) is 22.4 Å². The molecule has 1 aromatic heterocycles. The van der Waals surface area contributed by atoms with Gasteiger partial charge in [-0.2, -0.15) is 5.10 Å². The van der Waals surface area contributed by atoms with E-state index < -0.39 is 11.9 Å². The minimum atomic E-state index is -0.962. The number of rotatable bonds is 5. The van der Waals surface area contributed by atoms with Crippen LogP contribution in [0, 0.1) is 20.8 Å². The first-order valence-electron chi connectivity index (χ1n) is 8.91.